The molecule has 1 aliphatic carbocycles. The Morgan fingerprint density at radius 3 is 2.76 bits per heavy atom. The molecule has 2 aromatic rings. The normalized spacial score (nSPS) is 19.8. The SMILES string of the molecule is CC(NC(=O)c1cc(Cl)cc(Br)c1NC(=O)C1=CC=C(OS(=O)O)N(C2=NNCC2c2ncccc2Cl)C1)C1CC1. The summed E-state index contributed by atoms with van der Waals surface area (Å²) in [5.41, 5.74) is 4.19. The highest BCUT2D eigenvalue weighted by atomic mass is 79.9. The number of halogens is 3. The molecule has 3 heterocycles. The lowest BCUT2D eigenvalue weighted by molar-refractivity contribution is -0.113. The van der Waals surface area contributed by atoms with Crippen molar-refractivity contribution in [2.75, 3.05) is 18.4 Å². The molecule has 1 fully saturated rings. The molecule has 2 amide bonds. The molecular weight excluding hydrogens is 659 g/mol. The van der Waals surface area contributed by atoms with E-state index in [9.17, 15) is 18.4 Å². The third kappa shape index (κ3) is 6.75. The largest absolute Gasteiger partial charge is 0.361 e. The van der Waals surface area contributed by atoms with Crippen molar-refractivity contribution in [3.05, 3.63) is 79.8 Å². The van der Waals surface area contributed by atoms with Crippen LogP contribution in [0.25, 0.3) is 0 Å². The lowest BCUT2D eigenvalue weighted by Gasteiger charge is -2.30. The molecular formula is C26H25BrCl2N6O5S. The second-order valence-corrected chi connectivity index (χ2v) is 12.0. The van der Waals surface area contributed by atoms with Crippen molar-refractivity contribution in [1.29, 1.82) is 0 Å². The fourth-order valence-corrected chi connectivity index (χ4v) is 6.09. The van der Waals surface area contributed by atoms with Gasteiger partial charge in [-0.15, -0.1) is 0 Å². The van der Waals surface area contributed by atoms with E-state index in [2.05, 4.69) is 42.1 Å². The van der Waals surface area contributed by atoms with Gasteiger partial charge in [-0.2, -0.15) is 9.31 Å². The van der Waals surface area contributed by atoms with E-state index >= 15 is 0 Å². The van der Waals surface area contributed by atoms with Crippen LogP contribution in [0.3, 0.4) is 0 Å². The number of benzene rings is 1. The first-order chi connectivity index (χ1) is 19.6. The Labute approximate surface area is 257 Å². The van der Waals surface area contributed by atoms with Crippen LogP contribution in [0.1, 0.15) is 41.7 Å². The number of carbonyl (C=O) groups is 2. The van der Waals surface area contributed by atoms with Crippen LogP contribution in [0.5, 0.6) is 0 Å². The number of hydrogen-bond donors (Lipinski definition) is 4. The van der Waals surface area contributed by atoms with Crippen LogP contribution >= 0.6 is 39.1 Å². The maximum Gasteiger partial charge on any atom is 0.359 e. The summed E-state index contributed by atoms with van der Waals surface area (Å²) in [6.45, 7) is 2.24. The van der Waals surface area contributed by atoms with Crippen LogP contribution in [0.2, 0.25) is 10.0 Å². The van der Waals surface area contributed by atoms with E-state index in [-0.39, 0.29) is 41.2 Å². The predicted octanol–water partition coefficient (Wildman–Crippen LogP) is 4.55. The van der Waals surface area contributed by atoms with Crippen LogP contribution in [0.15, 0.2) is 63.6 Å². The lowest BCUT2D eigenvalue weighted by atomic mass is 10.0. The number of carbonyl (C=O) groups excluding carboxylic acids is 2. The molecule has 0 spiro atoms. The highest BCUT2D eigenvalue weighted by Crippen LogP contribution is 2.35. The number of amides is 2. The number of amidine groups is 1. The monoisotopic (exact) mass is 682 g/mol. The number of hydrogen-bond acceptors (Lipinski definition) is 8. The standard InChI is InChI=1S/C26H25BrCl2N6O5S/c1-13(14-4-5-14)32-26(37)17-9-16(28)10-19(27)22(17)33-25(36)15-6-7-21(40-41(38)39)35(12-15)24-18(11-31-34-24)23-20(29)3-2-8-30-23/h2-3,6-10,13-14,18,31H,4-5,11-12H2,1H3,(H,32,37)(H,33,36)(H,38,39). The number of anilines is 1. The quantitative estimate of drug-likeness (QED) is 0.297. The van der Waals surface area contributed by atoms with Gasteiger partial charge in [0.1, 0.15) is 5.84 Å². The first-order valence-electron chi connectivity index (χ1n) is 12.6. The minimum atomic E-state index is -2.64. The van der Waals surface area contributed by atoms with E-state index in [0.717, 1.165) is 12.8 Å². The van der Waals surface area contributed by atoms with Crippen molar-refractivity contribution in [3.8, 4) is 0 Å². The van der Waals surface area contributed by atoms with Gasteiger partial charge in [0.05, 0.1) is 34.4 Å². The van der Waals surface area contributed by atoms with Crippen molar-refractivity contribution in [1.82, 2.24) is 20.6 Å². The molecule has 41 heavy (non-hydrogen) atoms. The Balaban J connectivity index is 1.41. The molecule has 1 aromatic carbocycles. The van der Waals surface area contributed by atoms with E-state index in [1.165, 1.54) is 23.1 Å². The number of allylic oxidation sites excluding steroid dienone is 2. The average Bonchev–Trinajstić information content (AvgIpc) is 3.67. The van der Waals surface area contributed by atoms with E-state index in [4.69, 9.17) is 27.4 Å². The Bertz CT molecular complexity index is 1520. The van der Waals surface area contributed by atoms with Crippen LogP contribution in [0, 0.1) is 5.92 Å². The van der Waals surface area contributed by atoms with E-state index < -0.39 is 23.2 Å². The van der Waals surface area contributed by atoms with Gasteiger partial charge in [0.15, 0.2) is 0 Å². The third-order valence-corrected chi connectivity index (χ3v) is 8.37. The van der Waals surface area contributed by atoms with Gasteiger partial charge in [-0.25, -0.2) is 0 Å². The summed E-state index contributed by atoms with van der Waals surface area (Å²) >= 11 is 13.4. The molecule has 11 nitrogen and oxygen atoms in total. The molecule has 2 aliphatic heterocycles. The van der Waals surface area contributed by atoms with Gasteiger partial charge in [0.2, 0.25) is 5.88 Å². The fourth-order valence-electron chi connectivity index (χ4n) is 4.63. The van der Waals surface area contributed by atoms with Gasteiger partial charge in [-0.1, -0.05) is 23.2 Å². The van der Waals surface area contributed by atoms with Crippen molar-refractivity contribution in [3.63, 3.8) is 0 Å². The summed E-state index contributed by atoms with van der Waals surface area (Å²) in [5.74, 6) is -0.468. The summed E-state index contributed by atoms with van der Waals surface area (Å²) in [6.07, 6.45) is 6.59. The molecule has 15 heteroatoms. The highest BCUT2D eigenvalue weighted by Gasteiger charge is 2.36. The van der Waals surface area contributed by atoms with Gasteiger partial charge in [-0.3, -0.25) is 24.0 Å². The predicted molar refractivity (Wildman–Crippen MR) is 160 cm³/mol. The Morgan fingerprint density at radius 2 is 2.05 bits per heavy atom. The number of nitrogens with zero attached hydrogens (tertiary/aromatic N) is 3. The summed E-state index contributed by atoms with van der Waals surface area (Å²) in [6, 6.07) is 6.48. The van der Waals surface area contributed by atoms with E-state index in [1.54, 1.807) is 24.4 Å². The lowest BCUT2D eigenvalue weighted by Crippen LogP contribution is -2.40. The molecule has 0 saturated heterocycles. The van der Waals surface area contributed by atoms with Crippen LogP contribution in [-0.2, 0) is 20.3 Å². The van der Waals surface area contributed by atoms with Gasteiger partial charge in [0, 0.05) is 39.9 Å². The number of nitrogens with one attached hydrogen (secondary N) is 3. The molecule has 1 saturated carbocycles. The van der Waals surface area contributed by atoms with Crippen LogP contribution in [0.4, 0.5) is 5.69 Å². The maximum absolute atomic E-state index is 13.6. The highest BCUT2D eigenvalue weighted by molar-refractivity contribution is 9.10. The molecule has 3 unspecified atom stereocenters. The fraction of sp³-hybridized carbons (Fsp3) is 0.308. The van der Waals surface area contributed by atoms with Crippen molar-refractivity contribution in [2.24, 2.45) is 11.0 Å². The maximum atomic E-state index is 13.6. The summed E-state index contributed by atoms with van der Waals surface area (Å²) < 4.78 is 26.5. The van der Waals surface area contributed by atoms with Crippen molar-refractivity contribution < 1.29 is 22.5 Å². The zero-order valence-corrected chi connectivity index (χ0v) is 25.5. The third-order valence-electron chi connectivity index (χ3n) is 6.89. The molecule has 5 rings (SSSR count). The summed E-state index contributed by atoms with van der Waals surface area (Å²) in [5, 5.41) is 10.9. The van der Waals surface area contributed by atoms with Gasteiger partial charge < -0.3 is 20.2 Å². The van der Waals surface area contributed by atoms with Crippen LogP contribution < -0.4 is 16.1 Å². The van der Waals surface area contributed by atoms with Crippen molar-refractivity contribution in [2.45, 2.75) is 31.7 Å². The molecule has 216 valence electrons. The first-order valence-corrected chi connectivity index (χ1v) is 15.2. The smallest absolute Gasteiger partial charge is 0.359 e. The number of rotatable bonds is 8. The molecule has 0 radical (unpaired) electrons. The Morgan fingerprint density at radius 1 is 1.27 bits per heavy atom. The van der Waals surface area contributed by atoms with E-state index in [0.29, 0.717) is 38.5 Å². The average molecular weight is 684 g/mol. The zero-order chi connectivity index (χ0) is 29.3. The topological polar surface area (TPSA) is 145 Å². The van der Waals surface area contributed by atoms with Gasteiger partial charge in [-0.05, 0) is 72.0 Å². The Kier molecular flexibility index (Phi) is 9.00. The number of aromatic nitrogens is 1. The number of pyridine rings is 1. The van der Waals surface area contributed by atoms with Crippen LogP contribution in [-0.4, -0.2) is 55.4 Å². The minimum absolute atomic E-state index is 0.00342. The molecule has 1 aromatic heterocycles. The second kappa shape index (κ2) is 12.5. The second-order valence-electron chi connectivity index (χ2n) is 9.70. The van der Waals surface area contributed by atoms with Gasteiger partial charge in [0.25, 0.3) is 11.8 Å². The number of hydrazone groups is 1. The zero-order valence-electron chi connectivity index (χ0n) is 21.6. The first kappa shape index (κ1) is 29.5. The minimum Gasteiger partial charge on any atom is -0.361 e. The Hall–Kier alpha value is -2.97. The summed E-state index contributed by atoms with van der Waals surface area (Å²) in [7, 11) is 0. The molecule has 3 aliphatic rings. The van der Waals surface area contributed by atoms with Gasteiger partial charge >= 0.3 is 11.4 Å². The molecule has 3 atom stereocenters. The molecule has 0 bridgehead atoms. The van der Waals surface area contributed by atoms with E-state index in [1.807, 2.05) is 6.92 Å². The van der Waals surface area contributed by atoms with Crippen molar-refractivity contribution >= 4 is 73.8 Å². The summed E-state index contributed by atoms with van der Waals surface area (Å²) in [4.78, 5) is 32.6. The molecule has 4 N–H and O–H groups in total.